The summed E-state index contributed by atoms with van der Waals surface area (Å²) >= 11 is 0. The van der Waals surface area contributed by atoms with E-state index in [0.717, 1.165) is 22.3 Å². The zero-order chi connectivity index (χ0) is 21.7. The number of carbonyl (C=O) groups excluding carboxylic acids is 1. The van der Waals surface area contributed by atoms with E-state index in [9.17, 15) is 13.2 Å². The Morgan fingerprint density at radius 2 is 1.57 bits per heavy atom. The maximum absolute atomic E-state index is 13.4. The molecule has 3 aromatic rings. The van der Waals surface area contributed by atoms with E-state index in [0.29, 0.717) is 12.2 Å². The standard InChI is InChI=1S/C24H26N2O3S/c1-18-11-13-22(14-12-18)30(28,29)26(23-10-5-4-8-20(23)3)17-24(27)25-16-21-9-6-7-19(2)15-21/h4-15H,16-17H2,1-3H3,(H,25,27). The van der Waals surface area contributed by atoms with Crippen molar-refractivity contribution in [2.75, 3.05) is 10.8 Å². The molecule has 1 N–H and O–H groups in total. The number of sulfonamides is 1. The van der Waals surface area contributed by atoms with Gasteiger partial charge in [0.1, 0.15) is 6.54 Å². The van der Waals surface area contributed by atoms with E-state index in [1.807, 2.05) is 57.2 Å². The molecule has 0 aliphatic heterocycles. The van der Waals surface area contributed by atoms with Gasteiger partial charge in [-0.1, -0.05) is 65.7 Å². The fourth-order valence-electron chi connectivity index (χ4n) is 3.19. The molecule has 0 spiro atoms. The molecule has 3 rings (SSSR count). The molecule has 0 atom stereocenters. The van der Waals surface area contributed by atoms with Gasteiger partial charge < -0.3 is 5.32 Å². The summed E-state index contributed by atoms with van der Waals surface area (Å²) in [7, 11) is -3.91. The van der Waals surface area contributed by atoms with Crippen LogP contribution in [0.3, 0.4) is 0 Å². The molecule has 0 radical (unpaired) electrons. The van der Waals surface area contributed by atoms with Gasteiger partial charge in [-0.05, 0) is 50.1 Å². The van der Waals surface area contributed by atoms with Gasteiger partial charge >= 0.3 is 0 Å². The van der Waals surface area contributed by atoms with Gasteiger partial charge in [-0.3, -0.25) is 9.10 Å². The number of nitrogens with zero attached hydrogens (tertiary/aromatic N) is 1. The van der Waals surface area contributed by atoms with Crippen LogP contribution in [0.5, 0.6) is 0 Å². The molecule has 0 saturated heterocycles. The quantitative estimate of drug-likeness (QED) is 0.623. The minimum absolute atomic E-state index is 0.155. The Bertz CT molecular complexity index is 1140. The molecule has 30 heavy (non-hydrogen) atoms. The molecule has 6 heteroatoms. The number of carbonyl (C=O) groups is 1. The molecule has 0 bridgehead atoms. The first-order valence-corrected chi connectivity index (χ1v) is 11.2. The van der Waals surface area contributed by atoms with Gasteiger partial charge in [0.15, 0.2) is 0 Å². The second-order valence-corrected chi connectivity index (χ2v) is 9.24. The number of aryl methyl sites for hydroxylation is 3. The SMILES string of the molecule is Cc1ccc(S(=O)(=O)N(CC(=O)NCc2cccc(C)c2)c2ccccc2C)cc1. The van der Waals surface area contributed by atoms with Gasteiger partial charge in [0, 0.05) is 6.54 Å². The predicted octanol–water partition coefficient (Wildman–Crippen LogP) is 4.12. The first kappa shape index (κ1) is 21.6. The minimum atomic E-state index is -3.91. The topological polar surface area (TPSA) is 66.5 Å². The van der Waals surface area contributed by atoms with Crippen LogP contribution in [0.1, 0.15) is 22.3 Å². The number of para-hydroxylation sites is 1. The lowest BCUT2D eigenvalue weighted by molar-refractivity contribution is -0.119. The predicted molar refractivity (Wildman–Crippen MR) is 120 cm³/mol. The van der Waals surface area contributed by atoms with Gasteiger partial charge in [0.05, 0.1) is 10.6 Å². The van der Waals surface area contributed by atoms with E-state index in [-0.39, 0.29) is 17.3 Å². The lowest BCUT2D eigenvalue weighted by Gasteiger charge is -2.25. The summed E-state index contributed by atoms with van der Waals surface area (Å²) in [4.78, 5) is 12.9. The lowest BCUT2D eigenvalue weighted by Crippen LogP contribution is -2.41. The van der Waals surface area contributed by atoms with Crippen molar-refractivity contribution in [2.24, 2.45) is 0 Å². The molecular formula is C24H26N2O3S. The fourth-order valence-corrected chi connectivity index (χ4v) is 4.67. The van der Waals surface area contributed by atoms with Crippen molar-refractivity contribution in [1.82, 2.24) is 5.32 Å². The van der Waals surface area contributed by atoms with Crippen LogP contribution >= 0.6 is 0 Å². The number of amides is 1. The molecule has 1 amide bonds. The molecule has 5 nitrogen and oxygen atoms in total. The molecule has 156 valence electrons. The normalized spacial score (nSPS) is 11.2. The second kappa shape index (κ2) is 9.13. The molecular weight excluding hydrogens is 396 g/mol. The Labute approximate surface area is 178 Å². The summed E-state index contributed by atoms with van der Waals surface area (Å²) in [6.07, 6.45) is 0. The largest absolute Gasteiger partial charge is 0.350 e. The van der Waals surface area contributed by atoms with Gasteiger partial charge in [-0.2, -0.15) is 0 Å². The molecule has 0 fully saturated rings. The first-order valence-electron chi connectivity index (χ1n) is 9.74. The summed E-state index contributed by atoms with van der Waals surface area (Å²) in [5, 5.41) is 2.83. The average Bonchev–Trinajstić information content (AvgIpc) is 2.71. The third kappa shape index (κ3) is 5.07. The Balaban J connectivity index is 1.87. The van der Waals surface area contributed by atoms with Gasteiger partial charge in [0.2, 0.25) is 5.91 Å². The monoisotopic (exact) mass is 422 g/mol. The number of nitrogens with one attached hydrogen (secondary N) is 1. The Kier molecular flexibility index (Phi) is 6.57. The van der Waals surface area contributed by atoms with Crippen LogP contribution in [-0.4, -0.2) is 20.9 Å². The maximum Gasteiger partial charge on any atom is 0.264 e. The van der Waals surface area contributed by atoms with Crippen molar-refractivity contribution in [3.63, 3.8) is 0 Å². The van der Waals surface area contributed by atoms with E-state index in [1.54, 1.807) is 36.4 Å². The highest BCUT2D eigenvalue weighted by molar-refractivity contribution is 7.92. The van der Waals surface area contributed by atoms with Gasteiger partial charge in [0.25, 0.3) is 10.0 Å². The smallest absolute Gasteiger partial charge is 0.264 e. The van der Waals surface area contributed by atoms with E-state index >= 15 is 0 Å². The van der Waals surface area contributed by atoms with Crippen molar-refractivity contribution in [3.8, 4) is 0 Å². The zero-order valence-electron chi connectivity index (χ0n) is 17.4. The van der Waals surface area contributed by atoms with Crippen molar-refractivity contribution in [3.05, 3.63) is 95.1 Å². The summed E-state index contributed by atoms with van der Waals surface area (Å²) in [5.74, 6) is -0.365. The highest BCUT2D eigenvalue weighted by Crippen LogP contribution is 2.26. The number of rotatable bonds is 7. The van der Waals surface area contributed by atoms with Crippen LogP contribution in [0.15, 0.2) is 77.7 Å². The molecule has 0 unspecified atom stereocenters. The molecule has 3 aromatic carbocycles. The van der Waals surface area contributed by atoms with Crippen LogP contribution in [-0.2, 0) is 21.4 Å². The lowest BCUT2D eigenvalue weighted by atomic mass is 10.1. The van der Waals surface area contributed by atoms with Crippen molar-refractivity contribution in [1.29, 1.82) is 0 Å². The van der Waals surface area contributed by atoms with Crippen molar-refractivity contribution < 1.29 is 13.2 Å². The maximum atomic E-state index is 13.4. The van der Waals surface area contributed by atoms with Crippen LogP contribution in [0, 0.1) is 20.8 Å². The number of benzene rings is 3. The molecule has 0 heterocycles. The highest BCUT2D eigenvalue weighted by Gasteiger charge is 2.28. The molecule has 0 aromatic heterocycles. The van der Waals surface area contributed by atoms with Gasteiger partial charge in [-0.25, -0.2) is 8.42 Å². The summed E-state index contributed by atoms with van der Waals surface area (Å²) in [6, 6.07) is 21.6. The van der Waals surface area contributed by atoms with Crippen LogP contribution in [0.25, 0.3) is 0 Å². The summed E-state index contributed by atoms with van der Waals surface area (Å²) < 4.78 is 28.0. The van der Waals surface area contributed by atoms with E-state index in [4.69, 9.17) is 0 Å². The van der Waals surface area contributed by atoms with E-state index < -0.39 is 10.0 Å². The van der Waals surface area contributed by atoms with Crippen molar-refractivity contribution in [2.45, 2.75) is 32.2 Å². The Hall–Kier alpha value is -3.12. The highest BCUT2D eigenvalue weighted by atomic mass is 32.2. The number of anilines is 1. The number of hydrogen-bond acceptors (Lipinski definition) is 3. The second-order valence-electron chi connectivity index (χ2n) is 7.38. The van der Waals surface area contributed by atoms with E-state index in [1.165, 1.54) is 4.31 Å². The third-order valence-electron chi connectivity index (χ3n) is 4.85. The third-order valence-corrected chi connectivity index (χ3v) is 6.63. The Morgan fingerprint density at radius 1 is 0.867 bits per heavy atom. The van der Waals surface area contributed by atoms with Crippen LogP contribution in [0.4, 0.5) is 5.69 Å². The Morgan fingerprint density at radius 3 is 2.23 bits per heavy atom. The minimum Gasteiger partial charge on any atom is -0.350 e. The summed E-state index contributed by atoms with van der Waals surface area (Å²) in [5.41, 5.74) is 4.30. The summed E-state index contributed by atoms with van der Waals surface area (Å²) in [6.45, 7) is 5.75. The number of hydrogen-bond donors (Lipinski definition) is 1. The molecule has 0 aliphatic carbocycles. The fraction of sp³-hybridized carbons (Fsp3) is 0.208. The molecule has 0 aliphatic rings. The van der Waals surface area contributed by atoms with E-state index in [2.05, 4.69) is 5.32 Å². The van der Waals surface area contributed by atoms with Crippen LogP contribution in [0.2, 0.25) is 0 Å². The van der Waals surface area contributed by atoms with Crippen LogP contribution < -0.4 is 9.62 Å². The first-order chi connectivity index (χ1) is 14.3. The molecule has 0 saturated carbocycles. The zero-order valence-corrected chi connectivity index (χ0v) is 18.2. The average molecular weight is 423 g/mol. The van der Waals surface area contributed by atoms with Crippen molar-refractivity contribution >= 4 is 21.6 Å². The van der Waals surface area contributed by atoms with Gasteiger partial charge in [-0.15, -0.1) is 0 Å².